The summed E-state index contributed by atoms with van der Waals surface area (Å²) >= 11 is 0. The van der Waals surface area contributed by atoms with E-state index in [2.05, 4.69) is 16.0 Å². The molecule has 2 aromatic rings. The van der Waals surface area contributed by atoms with Gasteiger partial charge in [-0.15, -0.1) is 0 Å². The van der Waals surface area contributed by atoms with Crippen LogP contribution in [0.5, 0.6) is 5.75 Å². The number of rotatable bonds is 5. The summed E-state index contributed by atoms with van der Waals surface area (Å²) in [6.45, 7) is 0.313. The zero-order chi connectivity index (χ0) is 21.1. The number of carbonyl (C=O) groups excluding carboxylic acids is 3. The Morgan fingerprint density at radius 1 is 1.17 bits per heavy atom. The van der Waals surface area contributed by atoms with E-state index >= 15 is 0 Å². The monoisotopic (exact) mass is 408 g/mol. The topological polar surface area (TPSA) is 99.8 Å². The highest BCUT2D eigenvalue weighted by Crippen LogP contribution is 2.24. The quantitative estimate of drug-likeness (QED) is 0.699. The van der Waals surface area contributed by atoms with Gasteiger partial charge < -0.3 is 25.6 Å². The molecule has 0 spiro atoms. The van der Waals surface area contributed by atoms with Crippen molar-refractivity contribution in [2.75, 3.05) is 19.0 Å². The van der Waals surface area contributed by atoms with Gasteiger partial charge in [-0.3, -0.25) is 9.59 Å². The van der Waals surface area contributed by atoms with Crippen molar-refractivity contribution < 1.29 is 19.1 Å². The Bertz CT molecular complexity index is 949. The van der Waals surface area contributed by atoms with Crippen molar-refractivity contribution in [1.29, 1.82) is 0 Å². The van der Waals surface area contributed by atoms with E-state index in [1.807, 2.05) is 30.3 Å². The molecule has 0 bridgehead atoms. The third-order valence-corrected chi connectivity index (χ3v) is 5.45. The molecule has 8 nitrogen and oxygen atoms in total. The van der Waals surface area contributed by atoms with E-state index in [0.717, 1.165) is 5.56 Å². The predicted octanol–water partition coefficient (Wildman–Crippen LogP) is 1.53. The standard InChI is InChI=1S/C22H24N4O4/c1-30-17-9-5-8-15(11-17)23-22(29)24-16-12-19-20(27)25-18(21(28)26(19)13-16)10-14-6-3-2-4-7-14/h2-9,11,16,18-19H,10,12-13H2,1H3,(H,25,27)(H2,23,24,29)/t16-,18+,19-/m0/s1. The van der Waals surface area contributed by atoms with Crippen LogP contribution in [0.4, 0.5) is 10.5 Å². The van der Waals surface area contributed by atoms with Gasteiger partial charge in [0.05, 0.1) is 13.2 Å². The second-order valence-electron chi connectivity index (χ2n) is 7.52. The Morgan fingerprint density at radius 3 is 2.73 bits per heavy atom. The van der Waals surface area contributed by atoms with Crippen molar-refractivity contribution in [2.45, 2.75) is 31.0 Å². The summed E-state index contributed by atoms with van der Waals surface area (Å²) in [5.41, 5.74) is 1.58. The third kappa shape index (κ3) is 4.22. The maximum atomic E-state index is 12.9. The molecule has 0 saturated carbocycles. The van der Waals surface area contributed by atoms with Gasteiger partial charge in [0.2, 0.25) is 11.8 Å². The molecule has 0 unspecified atom stereocenters. The Morgan fingerprint density at radius 2 is 1.97 bits per heavy atom. The molecule has 2 saturated heterocycles. The van der Waals surface area contributed by atoms with Gasteiger partial charge >= 0.3 is 6.03 Å². The number of fused-ring (bicyclic) bond motifs is 1. The number of ether oxygens (including phenoxy) is 1. The second-order valence-corrected chi connectivity index (χ2v) is 7.52. The molecule has 2 aromatic carbocycles. The molecule has 2 heterocycles. The first-order valence-corrected chi connectivity index (χ1v) is 9.90. The lowest BCUT2D eigenvalue weighted by molar-refractivity contribution is -0.147. The molecular formula is C22H24N4O4. The molecule has 4 amide bonds. The minimum atomic E-state index is -0.583. The largest absolute Gasteiger partial charge is 0.497 e. The number of nitrogens with zero attached hydrogens (tertiary/aromatic N) is 1. The van der Waals surface area contributed by atoms with E-state index in [1.54, 1.807) is 36.3 Å². The fraction of sp³-hybridized carbons (Fsp3) is 0.318. The maximum Gasteiger partial charge on any atom is 0.319 e. The van der Waals surface area contributed by atoms with Crippen molar-refractivity contribution in [3.8, 4) is 5.75 Å². The van der Waals surface area contributed by atoms with Crippen LogP contribution in [0.2, 0.25) is 0 Å². The van der Waals surface area contributed by atoms with Crippen LogP contribution in [0.1, 0.15) is 12.0 Å². The number of carbonyl (C=O) groups is 3. The van der Waals surface area contributed by atoms with Crippen molar-refractivity contribution in [3.63, 3.8) is 0 Å². The number of urea groups is 1. The van der Waals surface area contributed by atoms with Gasteiger partial charge in [-0.05, 0) is 24.1 Å². The molecule has 2 fully saturated rings. The summed E-state index contributed by atoms with van der Waals surface area (Å²) in [6.07, 6.45) is 0.838. The van der Waals surface area contributed by atoms with Crippen LogP contribution in [0.3, 0.4) is 0 Å². The summed E-state index contributed by atoms with van der Waals surface area (Å²) in [5, 5.41) is 8.46. The fourth-order valence-corrected chi connectivity index (χ4v) is 4.00. The lowest BCUT2D eigenvalue weighted by Crippen LogP contribution is -2.61. The Balaban J connectivity index is 1.36. The number of piperazine rings is 1. The van der Waals surface area contributed by atoms with Crippen LogP contribution in [0, 0.1) is 0 Å². The van der Waals surface area contributed by atoms with Crippen LogP contribution in [0.15, 0.2) is 54.6 Å². The molecule has 0 aromatic heterocycles. The number of hydrogen-bond donors (Lipinski definition) is 3. The van der Waals surface area contributed by atoms with E-state index in [1.165, 1.54) is 0 Å². The van der Waals surface area contributed by atoms with Gasteiger partial charge in [-0.1, -0.05) is 36.4 Å². The highest BCUT2D eigenvalue weighted by molar-refractivity contribution is 5.98. The predicted molar refractivity (Wildman–Crippen MR) is 111 cm³/mol. The zero-order valence-electron chi connectivity index (χ0n) is 16.6. The summed E-state index contributed by atoms with van der Waals surface area (Å²) < 4.78 is 5.15. The van der Waals surface area contributed by atoms with Crippen LogP contribution >= 0.6 is 0 Å². The van der Waals surface area contributed by atoms with Gasteiger partial charge in [0.25, 0.3) is 0 Å². The molecule has 0 aliphatic carbocycles. The summed E-state index contributed by atoms with van der Waals surface area (Å²) in [4.78, 5) is 39.4. The molecule has 0 radical (unpaired) electrons. The highest BCUT2D eigenvalue weighted by atomic mass is 16.5. The Labute approximate surface area is 174 Å². The lowest BCUT2D eigenvalue weighted by atomic mass is 10.0. The number of amides is 4. The number of methoxy groups -OCH3 is 1. The molecule has 4 rings (SSSR count). The van der Waals surface area contributed by atoms with Gasteiger partial charge in [0.1, 0.15) is 17.8 Å². The van der Waals surface area contributed by atoms with Crippen molar-refractivity contribution in [1.82, 2.24) is 15.5 Å². The maximum absolute atomic E-state index is 12.9. The van der Waals surface area contributed by atoms with E-state index in [-0.39, 0.29) is 23.9 Å². The minimum Gasteiger partial charge on any atom is -0.497 e. The van der Waals surface area contributed by atoms with Crippen molar-refractivity contribution in [2.24, 2.45) is 0 Å². The Kier molecular flexibility index (Phi) is 5.56. The summed E-state index contributed by atoms with van der Waals surface area (Å²) in [5.74, 6) is 0.353. The van der Waals surface area contributed by atoms with E-state index in [9.17, 15) is 14.4 Å². The van der Waals surface area contributed by atoms with Crippen molar-refractivity contribution >= 4 is 23.5 Å². The van der Waals surface area contributed by atoms with Gasteiger partial charge in [0, 0.05) is 24.7 Å². The smallest absolute Gasteiger partial charge is 0.319 e. The van der Waals surface area contributed by atoms with Crippen molar-refractivity contribution in [3.05, 3.63) is 60.2 Å². The summed E-state index contributed by atoms with van der Waals surface area (Å²) in [6, 6.07) is 14.8. The first kappa shape index (κ1) is 19.8. The molecule has 2 aliphatic heterocycles. The molecule has 8 heteroatoms. The molecule has 3 atom stereocenters. The average molecular weight is 408 g/mol. The highest BCUT2D eigenvalue weighted by Gasteiger charge is 2.46. The summed E-state index contributed by atoms with van der Waals surface area (Å²) in [7, 11) is 1.56. The van der Waals surface area contributed by atoms with E-state index in [0.29, 0.717) is 30.8 Å². The first-order chi connectivity index (χ1) is 14.5. The van der Waals surface area contributed by atoms with Crippen LogP contribution in [-0.2, 0) is 16.0 Å². The molecule has 30 heavy (non-hydrogen) atoms. The van der Waals surface area contributed by atoms with Gasteiger partial charge in [-0.25, -0.2) is 4.79 Å². The number of nitrogens with one attached hydrogen (secondary N) is 3. The number of hydrogen-bond acceptors (Lipinski definition) is 4. The van der Waals surface area contributed by atoms with Crippen LogP contribution in [-0.4, -0.2) is 54.5 Å². The minimum absolute atomic E-state index is 0.110. The Hall–Kier alpha value is -3.55. The van der Waals surface area contributed by atoms with Crippen LogP contribution < -0.4 is 20.7 Å². The van der Waals surface area contributed by atoms with Crippen LogP contribution in [0.25, 0.3) is 0 Å². The molecule has 2 aliphatic rings. The number of benzene rings is 2. The average Bonchev–Trinajstić information content (AvgIpc) is 3.17. The lowest BCUT2D eigenvalue weighted by Gasteiger charge is -2.34. The van der Waals surface area contributed by atoms with Gasteiger partial charge in [-0.2, -0.15) is 0 Å². The normalized spacial score (nSPS) is 22.8. The molecule has 3 N–H and O–H groups in total. The van der Waals surface area contributed by atoms with Gasteiger partial charge in [0.15, 0.2) is 0 Å². The fourth-order valence-electron chi connectivity index (χ4n) is 4.00. The zero-order valence-corrected chi connectivity index (χ0v) is 16.6. The number of anilines is 1. The van der Waals surface area contributed by atoms with E-state index in [4.69, 9.17) is 4.74 Å². The second kappa shape index (κ2) is 8.44. The first-order valence-electron chi connectivity index (χ1n) is 9.90. The molecule has 156 valence electrons. The van der Waals surface area contributed by atoms with E-state index < -0.39 is 12.1 Å². The molecular weight excluding hydrogens is 384 g/mol. The third-order valence-electron chi connectivity index (χ3n) is 5.45. The SMILES string of the molecule is COc1cccc(NC(=O)N[C@H]2C[C@H]3C(=O)N[C@H](Cc4ccccc4)C(=O)N3C2)c1.